The Bertz CT molecular complexity index is 477. The van der Waals surface area contributed by atoms with Gasteiger partial charge in [-0.2, -0.15) is 0 Å². The third-order valence-electron chi connectivity index (χ3n) is 3.21. The Labute approximate surface area is 129 Å². The molecule has 0 atom stereocenters. The van der Waals surface area contributed by atoms with Crippen LogP contribution in [0.15, 0.2) is 18.2 Å². The number of likely N-dealkylation sites (N-methyl/N-ethyl adjacent to an activating group) is 1. The first-order valence-electron chi connectivity index (χ1n) is 6.35. The second-order valence-corrected chi connectivity index (χ2v) is 5.71. The van der Waals surface area contributed by atoms with E-state index in [0.717, 1.165) is 0 Å². The maximum absolute atomic E-state index is 11.2. The lowest BCUT2D eigenvalue weighted by molar-refractivity contribution is -0.149. The van der Waals surface area contributed by atoms with Gasteiger partial charge in [0.05, 0.1) is 5.02 Å². The summed E-state index contributed by atoms with van der Waals surface area (Å²) in [5.74, 6) is -0.316. The molecule has 0 amide bonds. The van der Waals surface area contributed by atoms with Crippen LogP contribution in [0.2, 0.25) is 10.0 Å². The minimum Gasteiger partial charge on any atom is -0.491 e. The molecule has 20 heavy (non-hydrogen) atoms. The highest BCUT2D eigenvalue weighted by Gasteiger charge is 2.33. The fourth-order valence-corrected chi connectivity index (χ4v) is 2.29. The van der Waals surface area contributed by atoms with Crippen molar-refractivity contribution in [2.24, 2.45) is 0 Å². The predicted molar refractivity (Wildman–Crippen MR) is 80.9 cm³/mol. The van der Waals surface area contributed by atoms with E-state index in [0.29, 0.717) is 35.5 Å². The van der Waals surface area contributed by atoms with Crippen LogP contribution in [0.4, 0.5) is 0 Å². The van der Waals surface area contributed by atoms with Gasteiger partial charge in [-0.1, -0.05) is 30.1 Å². The summed E-state index contributed by atoms with van der Waals surface area (Å²) in [6.45, 7) is 6.74. The number of aliphatic carboxylic acids is 1. The Morgan fingerprint density at radius 2 is 2.05 bits per heavy atom. The Kier molecular flexibility index (Phi) is 6.11. The van der Waals surface area contributed by atoms with Crippen molar-refractivity contribution in [3.63, 3.8) is 0 Å². The lowest BCUT2D eigenvalue weighted by Crippen LogP contribution is -2.51. The number of carboxylic acids is 1. The van der Waals surface area contributed by atoms with Gasteiger partial charge in [0.1, 0.15) is 17.9 Å². The van der Waals surface area contributed by atoms with Crippen molar-refractivity contribution >= 4 is 29.2 Å². The van der Waals surface area contributed by atoms with Crippen LogP contribution in [0.1, 0.15) is 20.8 Å². The zero-order valence-electron chi connectivity index (χ0n) is 11.8. The number of halogens is 2. The van der Waals surface area contributed by atoms with E-state index < -0.39 is 11.5 Å². The van der Waals surface area contributed by atoms with Gasteiger partial charge in [0.2, 0.25) is 0 Å². The summed E-state index contributed by atoms with van der Waals surface area (Å²) in [6.07, 6.45) is 0. The van der Waals surface area contributed by atoms with E-state index in [2.05, 4.69) is 0 Å². The van der Waals surface area contributed by atoms with Gasteiger partial charge in [0, 0.05) is 11.6 Å². The van der Waals surface area contributed by atoms with Crippen LogP contribution in [0, 0.1) is 0 Å². The van der Waals surface area contributed by atoms with Crippen molar-refractivity contribution in [2.75, 3.05) is 19.7 Å². The molecule has 0 bridgehead atoms. The number of benzene rings is 1. The quantitative estimate of drug-likeness (QED) is 0.834. The smallest absolute Gasteiger partial charge is 0.323 e. The van der Waals surface area contributed by atoms with Crippen molar-refractivity contribution in [1.82, 2.24) is 4.90 Å². The van der Waals surface area contributed by atoms with Crippen LogP contribution in [0.3, 0.4) is 0 Å². The van der Waals surface area contributed by atoms with Gasteiger partial charge in [-0.3, -0.25) is 9.69 Å². The van der Waals surface area contributed by atoms with E-state index >= 15 is 0 Å². The molecule has 1 aromatic carbocycles. The average Bonchev–Trinajstić information content (AvgIpc) is 2.36. The van der Waals surface area contributed by atoms with E-state index in [-0.39, 0.29) is 0 Å². The summed E-state index contributed by atoms with van der Waals surface area (Å²) in [6, 6.07) is 5.00. The number of hydrogen-bond donors (Lipinski definition) is 1. The van der Waals surface area contributed by atoms with Gasteiger partial charge in [0.15, 0.2) is 0 Å². The van der Waals surface area contributed by atoms with Crippen molar-refractivity contribution in [3.8, 4) is 5.75 Å². The molecule has 0 saturated heterocycles. The van der Waals surface area contributed by atoms with E-state index in [1.54, 1.807) is 32.0 Å². The highest BCUT2D eigenvalue weighted by molar-refractivity contribution is 6.35. The molecule has 1 N–H and O–H groups in total. The number of carbonyl (C=O) groups is 1. The zero-order valence-corrected chi connectivity index (χ0v) is 13.3. The molecule has 0 radical (unpaired) electrons. The molecule has 0 aliphatic rings. The molecule has 0 aromatic heterocycles. The van der Waals surface area contributed by atoms with Crippen LogP contribution in [0.5, 0.6) is 5.75 Å². The standard InChI is InChI=1S/C14H19Cl2NO3/c1-4-17(14(2,3)13(18)19)7-8-20-12-6-5-10(15)9-11(12)16/h5-6,9H,4,7-8H2,1-3H3,(H,18,19). The summed E-state index contributed by atoms with van der Waals surface area (Å²) in [4.78, 5) is 13.1. The third kappa shape index (κ3) is 4.27. The number of rotatable bonds is 7. The second kappa shape index (κ2) is 7.16. The number of carboxylic acid groups (broad SMARTS) is 1. The van der Waals surface area contributed by atoms with Gasteiger partial charge >= 0.3 is 5.97 Å². The lowest BCUT2D eigenvalue weighted by atomic mass is 10.0. The van der Waals surface area contributed by atoms with Crippen molar-refractivity contribution in [2.45, 2.75) is 26.3 Å². The fraction of sp³-hybridized carbons (Fsp3) is 0.500. The highest BCUT2D eigenvalue weighted by atomic mass is 35.5. The molecule has 0 unspecified atom stereocenters. The van der Waals surface area contributed by atoms with Crippen LogP contribution in [-0.2, 0) is 4.79 Å². The van der Waals surface area contributed by atoms with E-state index in [9.17, 15) is 9.90 Å². The van der Waals surface area contributed by atoms with Gasteiger partial charge in [-0.05, 0) is 38.6 Å². The summed E-state index contributed by atoms with van der Waals surface area (Å²) < 4.78 is 5.57. The SMILES string of the molecule is CCN(CCOc1ccc(Cl)cc1Cl)C(C)(C)C(=O)O. The Morgan fingerprint density at radius 1 is 1.40 bits per heavy atom. The summed E-state index contributed by atoms with van der Waals surface area (Å²) in [5.41, 5.74) is -0.929. The van der Waals surface area contributed by atoms with Gasteiger partial charge < -0.3 is 9.84 Å². The monoisotopic (exact) mass is 319 g/mol. The molecular weight excluding hydrogens is 301 g/mol. The normalized spacial score (nSPS) is 11.7. The summed E-state index contributed by atoms with van der Waals surface area (Å²) in [7, 11) is 0. The molecule has 0 saturated carbocycles. The van der Waals surface area contributed by atoms with Crippen LogP contribution in [-0.4, -0.2) is 41.2 Å². The van der Waals surface area contributed by atoms with Gasteiger partial charge in [-0.15, -0.1) is 0 Å². The van der Waals surface area contributed by atoms with Crippen LogP contribution >= 0.6 is 23.2 Å². The topological polar surface area (TPSA) is 49.8 Å². The molecule has 0 spiro atoms. The summed E-state index contributed by atoms with van der Waals surface area (Å²) in [5, 5.41) is 10.2. The first-order valence-corrected chi connectivity index (χ1v) is 7.11. The summed E-state index contributed by atoms with van der Waals surface area (Å²) >= 11 is 11.8. The van der Waals surface area contributed by atoms with E-state index in [1.165, 1.54) is 0 Å². The number of hydrogen-bond acceptors (Lipinski definition) is 3. The fourth-order valence-electron chi connectivity index (χ4n) is 1.83. The minimum atomic E-state index is -0.929. The molecule has 112 valence electrons. The predicted octanol–water partition coefficient (Wildman–Crippen LogP) is 3.56. The maximum atomic E-state index is 11.2. The molecule has 1 aromatic rings. The third-order valence-corrected chi connectivity index (χ3v) is 3.74. The molecule has 1 rings (SSSR count). The molecule has 0 fully saturated rings. The van der Waals surface area contributed by atoms with Gasteiger partial charge in [0.25, 0.3) is 0 Å². The molecule has 0 heterocycles. The number of ether oxygens (including phenoxy) is 1. The Morgan fingerprint density at radius 3 is 2.55 bits per heavy atom. The van der Waals surface area contributed by atoms with Crippen molar-refractivity contribution < 1.29 is 14.6 Å². The lowest BCUT2D eigenvalue weighted by Gasteiger charge is -2.33. The van der Waals surface area contributed by atoms with E-state index in [4.69, 9.17) is 27.9 Å². The Hall–Kier alpha value is -0.970. The Balaban J connectivity index is 2.60. The maximum Gasteiger partial charge on any atom is 0.323 e. The average molecular weight is 320 g/mol. The molecule has 6 heteroatoms. The zero-order chi connectivity index (χ0) is 15.3. The van der Waals surface area contributed by atoms with Crippen molar-refractivity contribution in [3.05, 3.63) is 28.2 Å². The molecular formula is C14H19Cl2NO3. The minimum absolute atomic E-state index is 0.353. The van der Waals surface area contributed by atoms with Gasteiger partial charge in [-0.25, -0.2) is 0 Å². The highest BCUT2D eigenvalue weighted by Crippen LogP contribution is 2.27. The molecule has 4 nitrogen and oxygen atoms in total. The van der Waals surface area contributed by atoms with Crippen LogP contribution < -0.4 is 4.74 Å². The van der Waals surface area contributed by atoms with Crippen molar-refractivity contribution in [1.29, 1.82) is 0 Å². The van der Waals surface area contributed by atoms with E-state index in [1.807, 2.05) is 11.8 Å². The molecule has 0 aliphatic heterocycles. The first kappa shape index (κ1) is 17.1. The number of nitrogens with zero attached hydrogens (tertiary/aromatic N) is 1. The largest absolute Gasteiger partial charge is 0.491 e. The molecule has 0 aliphatic carbocycles. The second-order valence-electron chi connectivity index (χ2n) is 4.87. The first-order chi connectivity index (χ1) is 9.28. The van der Waals surface area contributed by atoms with Crippen LogP contribution in [0.25, 0.3) is 0 Å².